The molecule has 5 nitrogen and oxygen atoms in total. The second kappa shape index (κ2) is 8.08. The molecule has 0 saturated heterocycles. The lowest BCUT2D eigenvalue weighted by atomic mass is 10.1. The van der Waals surface area contributed by atoms with Crippen LogP contribution in [-0.2, 0) is 21.2 Å². The van der Waals surface area contributed by atoms with E-state index in [-0.39, 0.29) is 17.2 Å². The molecule has 0 fully saturated rings. The number of carbonyl (C=O) groups excluding carboxylic acids is 1. The second-order valence-electron chi connectivity index (χ2n) is 5.32. The first-order valence-electron chi connectivity index (χ1n) is 7.91. The minimum atomic E-state index is -3.47. The third kappa shape index (κ3) is 4.43. The summed E-state index contributed by atoms with van der Waals surface area (Å²) in [6, 6.07) is 15.7. The molecular formula is C18H22N2O3S. The van der Waals surface area contributed by atoms with E-state index in [1.54, 1.807) is 26.0 Å². The number of amides is 1. The minimum absolute atomic E-state index is 0.138. The molecule has 0 aliphatic heterocycles. The zero-order valence-corrected chi connectivity index (χ0v) is 14.7. The predicted molar refractivity (Wildman–Crippen MR) is 95.3 cm³/mol. The Morgan fingerprint density at radius 2 is 1.54 bits per heavy atom. The van der Waals surface area contributed by atoms with Gasteiger partial charge in [-0.25, -0.2) is 8.42 Å². The van der Waals surface area contributed by atoms with Gasteiger partial charge in [0.25, 0.3) is 0 Å². The average Bonchev–Trinajstić information content (AvgIpc) is 2.57. The molecule has 0 aliphatic carbocycles. The number of benzene rings is 2. The molecule has 0 radical (unpaired) electrons. The third-order valence-corrected chi connectivity index (χ3v) is 5.75. The Kier molecular flexibility index (Phi) is 6.11. The number of nitrogens with one attached hydrogen (secondary N) is 1. The third-order valence-electron chi connectivity index (χ3n) is 3.69. The van der Waals surface area contributed by atoms with E-state index in [0.29, 0.717) is 18.8 Å². The topological polar surface area (TPSA) is 66.5 Å². The SMILES string of the molecule is CCN(CC)S(=O)(=O)c1ccc(NC(=O)Cc2ccccc2)cc1. The molecule has 128 valence electrons. The zero-order valence-electron chi connectivity index (χ0n) is 13.9. The molecule has 0 unspecified atom stereocenters. The van der Waals surface area contributed by atoms with E-state index >= 15 is 0 Å². The maximum absolute atomic E-state index is 12.4. The Labute approximate surface area is 143 Å². The van der Waals surface area contributed by atoms with Crippen molar-refractivity contribution in [1.82, 2.24) is 4.31 Å². The summed E-state index contributed by atoms with van der Waals surface area (Å²) >= 11 is 0. The van der Waals surface area contributed by atoms with Crippen molar-refractivity contribution in [3.05, 3.63) is 60.2 Å². The summed E-state index contributed by atoms with van der Waals surface area (Å²) in [6.07, 6.45) is 0.278. The predicted octanol–water partition coefficient (Wildman–Crippen LogP) is 2.90. The Balaban J connectivity index is 2.05. The Hall–Kier alpha value is -2.18. The summed E-state index contributed by atoms with van der Waals surface area (Å²) in [5, 5.41) is 2.78. The largest absolute Gasteiger partial charge is 0.326 e. The molecule has 24 heavy (non-hydrogen) atoms. The highest BCUT2D eigenvalue weighted by atomic mass is 32.2. The van der Waals surface area contributed by atoms with Gasteiger partial charge in [0.15, 0.2) is 0 Å². The van der Waals surface area contributed by atoms with Gasteiger partial charge >= 0.3 is 0 Å². The number of carbonyl (C=O) groups is 1. The summed E-state index contributed by atoms with van der Waals surface area (Å²) in [6.45, 7) is 4.46. The van der Waals surface area contributed by atoms with E-state index in [1.165, 1.54) is 16.4 Å². The van der Waals surface area contributed by atoms with Gasteiger partial charge in [-0.2, -0.15) is 4.31 Å². The van der Waals surface area contributed by atoms with Crippen molar-refractivity contribution in [3.63, 3.8) is 0 Å². The number of nitrogens with zero attached hydrogens (tertiary/aromatic N) is 1. The molecule has 0 bridgehead atoms. The molecule has 6 heteroatoms. The van der Waals surface area contributed by atoms with Crippen LogP contribution in [0.3, 0.4) is 0 Å². The van der Waals surface area contributed by atoms with Gasteiger partial charge in [-0.3, -0.25) is 4.79 Å². The van der Waals surface area contributed by atoms with Gasteiger partial charge in [-0.1, -0.05) is 44.2 Å². The van der Waals surface area contributed by atoms with E-state index in [1.807, 2.05) is 30.3 Å². The Morgan fingerprint density at radius 1 is 0.958 bits per heavy atom. The van der Waals surface area contributed by atoms with Crippen molar-refractivity contribution >= 4 is 21.6 Å². The maximum Gasteiger partial charge on any atom is 0.243 e. The van der Waals surface area contributed by atoms with Crippen LogP contribution >= 0.6 is 0 Å². The van der Waals surface area contributed by atoms with Crippen LogP contribution in [0.1, 0.15) is 19.4 Å². The van der Waals surface area contributed by atoms with E-state index in [9.17, 15) is 13.2 Å². The van der Waals surface area contributed by atoms with Crippen molar-refractivity contribution in [2.24, 2.45) is 0 Å². The highest BCUT2D eigenvalue weighted by Crippen LogP contribution is 2.18. The molecule has 0 heterocycles. The van der Waals surface area contributed by atoms with Crippen molar-refractivity contribution in [3.8, 4) is 0 Å². The summed E-state index contributed by atoms with van der Waals surface area (Å²) in [7, 11) is -3.47. The fourth-order valence-corrected chi connectivity index (χ4v) is 3.87. The van der Waals surface area contributed by atoms with Crippen LogP contribution in [0.2, 0.25) is 0 Å². The van der Waals surface area contributed by atoms with Gasteiger partial charge in [0.05, 0.1) is 11.3 Å². The summed E-state index contributed by atoms with van der Waals surface area (Å²) in [5.74, 6) is -0.138. The second-order valence-corrected chi connectivity index (χ2v) is 7.26. The first-order chi connectivity index (χ1) is 11.5. The van der Waals surface area contributed by atoms with Crippen molar-refractivity contribution in [2.45, 2.75) is 25.2 Å². The van der Waals surface area contributed by atoms with E-state index in [2.05, 4.69) is 5.32 Å². The monoisotopic (exact) mass is 346 g/mol. The van der Waals surface area contributed by atoms with Crippen molar-refractivity contribution in [1.29, 1.82) is 0 Å². The van der Waals surface area contributed by atoms with Crippen LogP contribution in [0.25, 0.3) is 0 Å². The molecule has 0 saturated carbocycles. The lowest BCUT2D eigenvalue weighted by Crippen LogP contribution is -2.30. The van der Waals surface area contributed by atoms with E-state index in [0.717, 1.165) is 5.56 Å². The maximum atomic E-state index is 12.4. The Morgan fingerprint density at radius 3 is 2.08 bits per heavy atom. The van der Waals surface area contributed by atoms with E-state index < -0.39 is 10.0 Å². The Bertz CT molecular complexity index is 768. The average molecular weight is 346 g/mol. The van der Waals surface area contributed by atoms with Crippen LogP contribution in [0.4, 0.5) is 5.69 Å². The van der Waals surface area contributed by atoms with Gasteiger partial charge in [0.2, 0.25) is 15.9 Å². The smallest absolute Gasteiger partial charge is 0.243 e. The van der Waals surface area contributed by atoms with Crippen LogP contribution in [0.5, 0.6) is 0 Å². The molecule has 2 aromatic rings. The highest BCUT2D eigenvalue weighted by molar-refractivity contribution is 7.89. The lowest BCUT2D eigenvalue weighted by Gasteiger charge is -2.18. The molecular weight excluding hydrogens is 324 g/mol. The standard InChI is InChI=1S/C18H22N2O3S/c1-3-20(4-2)24(22,23)17-12-10-16(11-13-17)19-18(21)14-15-8-6-5-7-9-15/h5-13H,3-4,14H2,1-2H3,(H,19,21). The van der Waals surface area contributed by atoms with Gasteiger partial charge in [-0.15, -0.1) is 0 Å². The number of rotatable bonds is 7. The molecule has 0 aliphatic rings. The van der Waals surface area contributed by atoms with Crippen LogP contribution in [-0.4, -0.2) is 31.7 Å². The molecule has 0 atom stereocenters. The van der Waals surface area contributed by atoms with Crippen LogP contribution in [0.15, 0.2) is 59.5 Å². The van der Waals surface area contributed by atoms with E-state index in [4.69, 9.17) is 0 Å². The van der Waals surface area contributed by atoms with Crippen LogP contribution < -0.4 is 5.32 Å². The van der Waals surface area contributed by atoms with Gasteiger partial charge in [-0.05, 0) is 29.8 Å². The summed E-state index contributed by atoms with van der Waals surface area (Å²) in [4.78, 5) is 12.3. The van der Waals surface area contributed by atoms with Crippen LogP contribution in [0, 0.1) is 0 Å². The zero-order chi connectivity index (χ0) is 17.6. The normalized spacial score (nSPS) is 11.5. The van der Waals surface area contributed by atoms with Crippen molar-refractivity contribution in [2.75, 3.05) is 18.4 Å². The number of sulfonamides is 1. The quantitative estimate of drug-likeness (QED) is 0.838. The van der Waals surface area contributed by atoms with Gasteiger partial charge in [0, 0.05) is 18.8 Å². The molecule has 2 aromatic carbocycles. The first kappa shape index (κ1) is 18.2. The highest BCUT2D eigenvalue weighted by Gasteiger charge is 2.21. The molecule has 1 N–H and O–H groups in total. The number of hydrogen-bond donors (Lipinski definition) is 1. The lowest BCUT2D eigenvalue weighted by molar-refractivity contribution is -0.115. The first-order valence-corrected chi connectivity index (χ1v) is 9.35. The molecule has 2 rings (SSSR count). The fourth-order valence-electron chi connectivity index (χ4n) is 2.41. The number of hydrogen-bond acceptors (Lipinski definition) is 3. The summed E-state index contributed by atoms with van der Waals surface area (Å²) < 4.78 is 26.2. The van der Waals surface area contributed by atoms with Gasteiger partial charge in [0.1, 0.15) is 0 Å². The summed E-state index contributed by atoms with van der Waals surface area (Å²) in [5.41, 5.74) is 1.50. The van der Waals surface area contributed by atoms with Crippen molar-refractivity contribution < 1.29 is 13.2 Å². The molecule has 0 aromatic heterocycles. The fraction of sp³-hybridized carbons (Fsp3) is 0.278. The molecule has 1 amide bonds. The number of anilines is 1. The van der Waals surface area contributed by atoms with Gasteiger partial charge < -0.3 is 5.32 Å². The minimum Gasteiger partial charge on any atom is -0.326 e. The molecule has 0 spiro atoms.